The monoisotopic (exact) mass is 293 g/mol. The molecule has 1 aromatic carbocycles. The molecule has 1 N–H and O–H groups in total. The highest BCUT2D eigenvalue weighted by Crippen LogP contribution is 2.31. The smallest absolute Gasteiger partial charge is 0.0877 e. The number of halogens is 1. The largest absolute Gasteiger partial charge is 0.379 e. The van der Waals surface area contributed by atoms with Crippen LogP contribution in [-0.4, -0.2) is 26.8 Å². The summed E-state index contributed by atoms with van der Waals surface area (Å²) in [6, 6.07) is 8.31. The molecule has 1 aliphatic rings. The quantitative estimate of drug-likeness (QED) is 0.933. The summed E-state index contributed by atoms with van der Waals surface area (Å²) >= 11 is 8.14. The molecule has 2 heterocycles. The third kappa shape index (κ3) is 2.74. The molecule has 0 saturated carbocycles. The van der Waals surface area contributed by atoms with Crippen LogP contribution in [0.2, 0.25) is 5.02 Å². The van der Waals surface area contributed by atoms with Crippen molar-refractivity contribution in [2.75, 3.05) is 11.1 Å². The van der Waals surface area contributed by atoms with E-state index in [-0.39, 0.29) is 0 Å². The zero-order valence-corrected chi connectivity index (χ0v) is 12.3. The van der Waals surface area contributed by atoms with Crippen LogP contribution in [0.15, 0.2) is 36.7 Å². The van der Waals surface area contributed by atoms with E-state index in [1.807, 2.05) is 46.9 Å². The lowest BCUT2D eigenvalue weighted by molar-refractivity contribution is 0.722. The summed E-state index contributed by atoms with van der Waals surface area (Å²) in [5.41, 5.74) is 2.09. The molecule has 2 atom stereocenters. The maximum atomic E-state index is 6.13. The summed E-state index contributed by atoms with van der Waals surface area (Å²) in [6.45, 7) is 2.27. The van der Waals surface area contributed by atoms with Crippen molar-refractivity contribution in [3.8, 4) is 5.69 Å². The Labute approximate surface area is 122 Å². The lowest BCUT2D eigenvalue weighted by atomic mass is 10.1. The molecular formula is C14H16ClN3S. The number of hydrogen-bond acceptors (Lipinski definition) is 3. The maximum absolute atomic E-state index is 6.13. The van der Waals surface area contributed by atoms with Gasteiger partial charge < -0.3 is 5.32 Å². The predicted octanol–water partition coefficient (Wildman–Crippen LogP) is 3.83. The number of benzene rings is 1. The highest BCUT2D eigenvalue weighted by atomic mass is 35.5. The van der Waals surface area contributed by atoms with Gasteiger partial charge in [0.25, 0.3) is 0 Å². The number of anilines is 1. The Hall–Kier alpha value is -1.13. The van der Waals surface area contributed by atoms with E-state index in [1.54, 1.807) is 6.20 Å². The van der Waals surface area contributed by atoms with Crippen LogP contribution in [0, 0.1) is 0 Å². The van der Waals surface area contributed by atoms with Crippen LogP contribution in [0.25, 0.3) is 5.69 Å². The van der Waals surface area contributed by atoms with Crippen molar-refractivity contribution in [3.05, 3.63) is 41.7 Å². The van der Waals surface area contributed by atoms with E-state index in [0.29, 0.717) is 11.3 Å². The molecule has 1 aliphatic heterocycles. The second-order valence-corrected chi connectivity index (χ2v) is 6.65. The molecule has 0 spiro atoms. The van der Waals surface area contributed by atoms with Crippen molar-refractivity contribution < 1.29 is 0 Å². The highest BCUT2D eigenvalue weighted by molar-refractivity contribution is 8.00. The number of nitrogens with zero attached hydrogens (tertiary/aromatic N) is 2. The third-order valence-electron chi connectivity index (χ3n) is 3.43. The number of nitrogens with one attached hydrogen (secondary N) is 1. The van der Waals surface area contributed by atoms with Gasteiger partial charge in [-0.3, -0.25) is 0 Å². The maximum Gasteiger partial charge on any atom is 0.0877 e. The molecule has 5 heteroatoms. The van der Waals surface area contributed by atoms with Crippen molar-refractivity contribution in [3.63, 3.8) is 0 Å². The Kier molecular flexibility index (Phi) is 3.71. The van der Waals surface area contributed by atoms with Gasteiger partial charge in [0.05, 0.1) is 11.4 Å². The summed E-state index contributed by atoms with van der Waals surface area (Å²) in [5.74, 6) is 1.22. The molecule has 2 aromatic rings. The zero-order chi connectivity index (χ0) is 13.2. The highest BCUT2D eigenvalue weighted by Gasteiger charge is 2.24. The fourth-order valence-electron chi connectivity index (χ4n) is 2.36. The Balaban J connectivity index is 1.92. The number of thioether (sulfide) groups is 1. The first-order chi connectivity index (χ1) is 9.24. The van der Waals surface area contributed by atoms with E-state index < -0.39 is 0 Å². The van der Waals surface area contributed by atoms with E-state index >= 15 is 0 Å². The fraction of sp³-hybridized carbons (Fsp3) is 0.357. The molecule has 100 valence electrons. The van der Waals surface area contributed by atoms with Gasteiger partial charge in [0, 0.05) is 28.7 Å². The van der Waals surface area contributed by atoms with Crippen molar-refractivity contribution in [1.29, 1.82) is 0 Å². The van der Waals surface area contributed by atoms with Gasteiger partial charge in [-0.1, -0.05) is 18.5 Å². The normalized spacial score (nSPS) is 22.6. The molecule has 3 rings (SSSR count). The Morgan fingerprint density at radius 2 is 2.37 bits per heavy atom. The van der Waals surface area contributed by atoms with Gasteiger partial charge in [-0.25, -0.2) is 4.68 Å². The molecule has 1 saturated heterocycles. The molecule has 1 fully saturated rings. The molecule has 3 nitrogen and oxygen atoms in total. The van der Waals surface area contributed by atoms with E-state index in [9.17, 15) is 0 Å². The lowest BCUT2D eigenvalue weighted by Gasteiger charge is -2.20. The number of aromatic nitrogens is 2. The minimum Gasteiger partial charge on any atom is -0.379 e. The van der Waals surface area contributed by atoms with Crippen LogP contribution < -0.4 is 5.32 Å². The van der Waals surface area contributed by atoms with Gasteiger partial charge in [-0.05, 0) is 36.4 Å². The third-order valence-corrected chi connectivity index (χ3v) is 4.99. The second kappa shape index (κ2) is 5.47. The molecule has 0 radical (unpaired) electrons. The van der Waals surface area contributed by atoms with Crippen LogP contribution in [0.4, 0.5) is 5.69 Å². The molecule has 2 unspecified atom stereocenters. The Bertz CT molecular complexity index is 556. The van der Waals surface area contributed by atoms with E-state index in [2.05, 4.69) is 17.3 Å². The molecule has 1 aromatic heterocycles. The fourth-order valence-corrected chi connectivity index (χ4v) is 3.73. The predicted molar refractivity (Wildman–Crippen MR) is 82.5 cm³/mol. The SMILES string of the molecule is CC1SCCC1Nc1cc(Cl)ccc1-n1cccn1. The van der Waals surface area contributed by atoms with E-state index in [1.165, 1.54) is 12.2 Å². The summed E-state index contributed by atoms with van der Waals surface area (Å²) in [6.07, 6.45) is 4.92. The molecule has 0 bridgehead atoms. The first-order valence-corrected chi connectivity index (χ1v) is 7.84. The summed E-state index contributed by atoms with van der Waals surface area (Å²) < 4.78 is 1.87. The van der Waals surface area contributed by atoms with Gasteiger partial charge in [-0.15, -0.1) is 0 Å². The molecule has 19 heavy (non-hydrogen) atoms. The van der Waals surface area contributed by atoms with Crippen LogP contribution in [-0.2, 0) is 0 Å². The zero-order valence-electron chi connectivity index (χ0n) is 10.7. The van der Waals surface area contributed by atoms with E-state index in [0.717, 1.165) is 16.4 Å². The number of rotatable bonds is 3. The van der Waals surface area contributed by atoms with Crippen LogP contribution >= 0.6 is 23.4 Å². The van der Waals surface area contributed by atoms with Crippen molar-refractivity contribution in [1.82, 2.24) is 9.78 Å². The molecule has 0 aliphatic carbocycles. The standard InChI is InChI=1S/C14H16ClN3S/c1-10-12(5-8-19-10)17-13-9-11(15)3-4-14(13)18-7-2-6-16-18/h2-4,6-7,9-10,12,17H,5,8H2,1H3. The average molecular weight is 294 g/mol. The van der Waals surface area contributed by atoms with Crippen molar-refractivity contribution in [2.24, 2.45) is 0 Å². The van der Waals surface area contributed by atoms with Crippen molar-refractivity contribution >= 4 is 29.1 Å². The van der Waals surface area contributed by atoms with Gasteiger partial charge in [-0.2, -0.15) is 16.9 Å². The summed E-state index contributed by atoms with van der Waals surface area (Å²) in [7, 11) is 0. The first-order valence-electron chi connectivity index (χ1n) is 6.42. The topological polar surface area (TPSA) is 29.9 Å². The Morgan fingerprint density at radius 3 is 3.05 bits per heavy atom. The van der Waals surface area contributed by atoms with Crippen LogP contribution in [0.1, 0.15) is 13.3 Å². The number of hydrogen-bond donors (Lipinski definition) is 1. The van der Waals surface area contributed by atoms with Crippen LogP contribution in [0.3, 0.4) is 0 Å². The molecular weight excluding hydrogens is 278 g/mol. The minimum atomic E-state index is 0.498. The summed E-state index contributed by atoms with van der Waals surface area (Å²) in [4.78, 5) is 0. The van der Waals surface area contributed by atoms with Gasteiger partial charge in [0.15, 0.2) is 0 Å². The average Bonchev–Trinajstić information content (AvgIpc) is 3.03. The minimum absolute atomic E-state index is 0.498. The molecule has 0 amide bonds. The van der Waals surface area contributed by atoms with E-state index in [4.69, 9.17) is 11.6 Å². The second-order valence-electron chi connectivity index (χ2n) is 4.73. The van der Waals surface area contributed by atoms with Gasteiger partial charge >= 0.3 is 0 Å². The van der Waals surface area contributed by atoms with Gasteiger partial charge in [0.1, 0.15) is 0 Å². The first kappa shape index (κ1) is 12.9. The van der Waals surface area contributed by atoms with Gasteiger partial charge in [0.2, 0.25) is 0 Å². The van der Waals surface area contributed by atoms with Crippen molar-refractivity contribution in [2.45, 2.75) is 24.6 Å². The lowest BCUT2D eigenvalue weighted by Crippen LogP contribution is -2.25. The Morgan fingerprint density at radius 1 is 1.47 bits per heavy atom. The summed E-state index contributed by atoms with van der Waals surface area (Å²) in [5, 5.41) is 9.30. The van der Waals surface area contributed by atoms with Crippen LogP contribution in [0.5, 0.6) is 0 Å².